The third-order valence-corrected chi connectivity index (χ3v) is 4.22. The molecule has 5 nitrogen and oxygen atoms in total. The van der Waals surface area contributed by atoms with Gasteiger partial charge in [-0.1, -0.05) is 38.1 Å². The van der Waals surface area contributed by atoms with Crippen molar-refractivity contribution in [1.82, 2.24) is 4.98 Å². The van der Waals surface area contributed by atoms with Gasteiger partial charge in [-0.2, -0.15) is 0 Å². The van der Waals surface area contributed by atoms with Crippen LogP contribution in [0.2, 0.25) is 0 Å². The topological polar surface area (TPSA) is 63.2 Å². The first-order valence-corrected chi connectivity index (χ1v) is 8.84. The number of amides is 1. The lowest BCUT2D eigenvalue weighted by Crippen LogP contribution is -2.13. The SMILES string of the molecule is COc1ccccc1Nc1ccc(C(=O)Nc2ccc(C(C)C)cc2)nc1. The van der Waals surface area contributed by atoms with Gasteiger partial charge in [-0.3, -0.25) is 4.79 Å². The highest BCUT2D eigenvalue weighted by molar-refractivity contribution is 6.03. The van der Waals surface area contributed by atoms with Crippen LogP contribution in [0.3, 0.4) is 0 Å². The second kappa shape index (κ2) is 8.36. The Morgan fingerprint density at radius 2 is 1.67 bits per heavy atom. The molecule has 5 heteroatoms. The van der Waals surface area contributed by atoms with Crippen LogP contribution in [0.4, 0.5) is 17.1 Å². The molecule has 3 aromatic rings. The Labute approximate surface area is 159 Å². The number of hydrogen-bond donors (Lipinski definition) is 2. The fraction of sp³-hybridized carbons (Fsp3) is 0.182. The van der Waals surface area contributed by atoms with Gasteiger partial charge in [0.2, 0.25) is 0 Å². The van der Waals surface area contributed by atoms with Crippen molar-refractivity contribution in [3.63, 3.8) is 0 Å². The number of nitrogens with one attached hydrogen (secondary N) is 2. The predicted octanol–water partition coefficient (Wildman–Crippen LogP) is 5.21. The summed E-state index contributed by atoms with van der Waals surface area (Å²) >= 11 is 0. The maximum absolute atomic E-state index is 12.4. The van der Waals surface area contributed by atoms with E-state index in [1.807, 2.05) is 54.6 Å². The fourth-order valence-corrected chi connectivity index (χ4v) is 2.65. The average Bonchev–Trinajstić information content (AvgIpc) is 2.69. The monoisotopic (exact) mass is 361 g/mol. The van der Waals surface area contributed by atoms with Gasteiger partial charge in [0.05, 0.1) is 24.7 Å². The lowest BCUT2D eigenvalue weighted by Gasteiger charge is -2.11. The summed E-state index contributed by atoms with van der Waals surface area (Å²) in [7, 11) is 1.62. The lowest BCUT2D eigenvalue weighted by atomic mass is 10.0. The van der Waals surface area contributed by atoms with Gasteiger partial charge in [0, 0.05) is 5.69 Å². The molecule has 2 aromatic carbocycles. The fourth-order valence-electron chi connectivity index (χ4n) is 2.65. The molecule has 1 amide bonds. The zero-order valence-electron chi connectivity index (χ0n) is 15.7. The molecule has 1 heterocycles. The highest BCUT2D eigenvalue weighted by atomic mass is 16.5. The van der Waals surface area contributed by atoms with Crippen LogP contribution in [0.5, 0.6) is 5.75 Å². The minimum atomic E-state index is -0.240. The molecule has 0 aliphatic heterocycles. The van der Waals surface area contributed by atoms with Crippen molar-refractivity contribution in [2.24, 2.45) is 0 Å². The van der Waals surface area contributed by atoms with Crippen LogP contribution in [-0.4, -0.2) is 18.0 Å². The molecule has 0 fully saturated rings. The van der Waals surface area contributed by atoms with E-state index in [-0.39, 0.29) is 5.91 Å². The van der Waals surface area contributed by atoms with Gasteiger partial charge in [-0.15, -0.1) is 0 Å². The Kier molecular flexibility index (Phi) is 5.71. The second-order valence-corrected chi connectivity index (χ2v) is 6.49. The molecule has 2 N–H and O–H groups in total. The summed E-state index contributed by atoms with van der Waals surface area (Å²) < 4.78 is 5.32. The summed E-state index contributed by atoms with van der Waals surface area (Å²) in [5.41, 5.74) is 3.95. The van der Waals surface area contributed by atoms with Gasteiger partial charge >= 0.3 is 0 Å². The molecule has 0 saturated carbocycles. The van der Waals surface area contributed by atoms with Crippen molar-refractivity contribution < 1.29 is 9.53 Å². The predicted molar refractivity (Wildman–Crippen MR) is 109 cm³/mol. The van der Waals surface area contributed by atoms with E-state index < -0.39 is 0 Å². The highest BCUT2D eigenvalue weighted by Gasteiger charge is 2.09. The number of rotatable bonds is 6. The summed E-state index contributed by atoms with van der Waals surface area (Å²) in [6.07, 6.45) is 1.63. The summed E-state index contributed by atoms with van der Waals surface area (Å²) in [6.45, 7) is 4.27. The van der Waals surface area contributed by atoms with E-state index in [1.54, 1.807) is 19.4 Å². The third kappa shape index (κ3) is 4.64. The Hall–Kier alpha value is -3.34. The smallest absolute Gasteiger partial charge is 0.274 e. The number of benzene rings is 2. The van der Waals surface area contributed by atoms with Gasteiger partial charge in [-0.25, -0.2) is 4.98 Å². The van der Waals surface area contributed by atoms with Gasteiger partial charge in [0.15, 0.2) is 0 Å². The van der Waals surface area contributed by atoms with Crippen molar-refractivity contribution in [3.05, 3.63) is 78.1 Å². The number of hydrogen-bond acceptors (Lipinski definition) is 4. The molecule has 0 aliphatic carbocycles. The molecule has 27 heavy (non-hydrogen) atoms. The van der Waals surface area contributed by atoms with Crippen molar-refractivity contribution in [2.75, 3.05) is 17.7 Å². The number of carbonyl (C=O) groups excluding carboxylic acids is 1. The van der Waals surface area contributed by atoms with Crippen molar-refractivity contribution in [1.29, 1.82) is 0 Å². The van der Waals surface area contributed by atoms with Gasteiger partial charge in [0.1, 0.15) is 11.4 Å². The van der Waals surface area contributed by atoms with Crippen LogP contribution in [-0.2, 0) is 0 Å². The molecule has 1 aromatic heterocycles. The molecular weight excluding hydrogens is 338 g/mol. The molecule has 0 atom stereocenters. The third-order valence-electron chi connectivity index (χ3n) is 4.22. The molecule has 0 unspecified atom stereocenters. The molecule has 0 bridgehead atoms. The van der Waals surface area contributed by atoms with E-state index >= 15 is 0 Å². The summed E-state index contributed by atoms with van der Waals surface area (Å²) in [6, 6.07) is 19.0. The van der Waals surface area contributed by atoms with Crippen molar-refractivity contribution in [2.45, 2.75) is 19.8 Å². The number of methoxy groups -OCH3 is 1. The lowest BCUT2D eigenvalue weighted by molar-refractivity contribution is 0.102. The summed E-state index contributed by atoms with van der Waals surface area (Å²) in [5.74, 6) is 0.958. The molecule has 138 valence electrons. The first kappa shape index (κ1) is 18.5. The first-order chi connectivity index (χ1) is 13.1. The highest BCUT2D eigenvalue weighted by Crippen LogP contribution is 2.26. The Morgan fingerprint density at radius 3 is 2.30 bits per heavy atom. The molecule has 0 radical (unpaired) electrons. The zero-order chi connectivity index (χ0) is 19.2. The summed E-state index contributed by atoms with van der Waals surface area (Å²) in [5, 5.41) is 6.11. The van der Waals surface area contributed by atoms with E-state index in [2.05, 4.69) is 29.5 Å². The number of anilines is 3. The van der Waals surface area contributed by atoms with E-state index in [4.69, 9.17) is 4.74 Å². The molecule has 3 rings (SSSR count). The largest absolute Gasteiger partial charge is 0.495 e. The van der Waals surface area contributed by atoms with E-state index in [9.17, 15) is 4.79 Å². The van der Waals surface area contributed by atoms with E-state index in [0.29, 0.717) is 11.6 Å². The number of aromatic nitrogens is 1. The minimum Gasteiger partial charge on any atom is -0.495 e. The molecule has 0 spiro atoms. The van der Waals surface area contributed by atoms with Crippen molar-refractivity contribution in [3.8, 4) is 5.75 Å². The van der Waals surface area contributed by atoms with Crippen molar-refractivity contribution >= 4 is 23.0 Å². The zero-order valence-corrected chi connectivity index (χ0v) is 15.7. The molecule has 0 aliphatic rings. The van der Waals surface area contributed by atoms with Gasteiger partial charge in [-0.05, 0) is 47.9 Å². The van der Waals surface area contributed by atoms with Crippen LogP contribution in [0.1, 0.15) is 35.8 Å². The van der Waals surface area contributed by atoms with Crippen LogP contribution in [0.25, 0.3) is 0 Å². The Bertz CT molecular complexity index is 904. The standard InChI is InChI=1S/C22H23N3O2/c1-15(2)16-8-10-17(11-9-16)25-22(26)20-13-12-18(14-23-20)24-19-6-4-5-7-21(19)27-3/h4-15,24H,1-3H3,(H,25,26). The number of ether oxygens (including phenoxy) is 1. The van der Waals surface area contributed by atoms with Crippen LogP contribution < -0.4 is 15.4 Å². The number of carbonyl (C=O) groups is 1. The average molecular weight is 361 g/mol. The first-order valence-electron chi connectivity index (χ1n) is 8.84. The van der Waals surface area contributed by atoms with Crippen LogP contribution >= 0.6 is 0 Å². The Morgan fingerprint density at radius 1 is 0.963 bits per heavy atom. The Balaban J connectivity index is 1.66. The number of nitrogens with zero attached hydrogens (tertiary/aromatic N) is 1. The molecular formula is C22H23N3O2. The second-order valence-electron chi connectivity index (χ2n) is 6.49. The maximum atomic E-state index is 12.4. The van der Waals surface area contributed by atoms with Crippen LogP contribution in [0, 0.1) is 0 Å². The molecule has 0 saturated heterocycles. The normalized spacial score (nSPS) is 10.5. The van der Waals surface area contributed by atoms with Gasteiger partial charge in [0.25, 0.3) is 5.91 Å². The van der Waals surface area contributed by atoms with Gasteiger partial charge < -0.3 is 15.4 Å². The number of pyridine rings is 1. The quantitative estimate of drug-likeness (QED) is 0.633. The van der Waals surface area contributed by atoms with E-state index in [0.717, 1.165) is 22.8 Å². The van der Waals surface area contributed by atoms with E-state index in [1.165, 1.54) is 5.56 Å². The minimum absolute atomic E-state index is 0.240. The number of para-hydroxylation sites is 2. The summed E-state index contributed by atoms with van der Waals surface area (Å²) in [4.78, 5) is 16.6. The maximum Gasteiger partial charge on any atom is 0.274 e. The van der Waals surface area contributed by atoms with Crippen LogP contribution in [0.15, 0.2) is 66.9 Å².